The van der Waals surface area contributed by atoms with E-state index in [1.165, 1.54) is 12.1 Å². The van der Waals surface area contributed by atoms with Crippen LogP contribution in [0.4, 0.5) is 4.39 Å². The molecular formula is C34H22FN5. The van der Waals surface area contributed by atoms with E-state index in [9.17, 15) is 4.39 Å². The summed E-state index contributed by atoms with van der Waals surface area (Å²) in [4.78, 5) is 19.7. The fourth-order valence-corrected chi connectivity index (χ4v) is 4.86. The molecule has 2 heterocycles. The van der Waals surface area contributed by atoms with Crippen LogP contribution in [-0.2, 0) is 0 Å². The van der Waals surface area contributed by atoms with Gasteiger partial charge in [-0.2, -0.15) is 0 Å². The maximum absolute atomic E-state index is 13.9. The first-order chi connectivity index (χ1) is 19.7. The Hall–Kier alpha value is -5.49. The summed E-state index contributed by atoms with van der Waals surface area (Å²) < 4.78 is 15.9. The van der Waals surface area contributed by atoms with Crippen molar-refractivity contribution in [1.82, 2.24) is 24.5 Å². The van der Waals surface area contributed by atoms with Crippen LogP contribution in [0.3, 0.4) is 0 Å². The molecule has 5 aromatic carbocycles. The Morgan fingerprint density at radius 2 is 0.975 bits per heavy atom. The van der Waals surface area contributed by atoms with Gasteiger partial charge in [0.25, 0.3) is 0 Å². The number of hydrogen-bond acceptors (Lipinski definition) is 4. The summed E-state index contributed by atoms with van der Waals surface area (Å²) in [6.45, 7) is 0. The SMILES string of the molecule is Fc1ccc(-n2c(-c3ccccc3-c3nc(-c4ccccc4)nc(-c4ccccc4)n3)nc3ccccc32)cc1. The van der Waals surface area contributed by atoms with Crippen molar-refractivity contribution >= 4 is 11.0 Å². The Morgan fingerprint density at radius 3 is 1.62 bits per heavy atom. The average Bonchev–Trinajstić information content (AvgIpc) is 3.42. The predicted molar refractivity (Wildman–Crippen MR) is 156 cm³/mol. The highest BCUT2D eigenvalue weighted by Gasteiger charge is 2.20. The molecule has 2 aromatic heterocycles. The van der Waals surface area contributed by atoms with Gasteiger partial charge >= 0.3 is 0 Å². The van der Waals surface area contributed by atoms with Crippen molar-refractivity contribution < 1.29 is 4.39 Å². The zero-order valence-corrected chi connectivity index (χ0v) is 21.3. The van der Waals surface area contributed by atoms with Gasteiger partial charge in [0.1, 0.15) is 11.6 Å². The molecule has 0 unspecified atom stereocenters. The second-order valence-electron chi connectivity index (χ2n) is 9.32. The molecule has 0 saturated heterocycles. The monoisotopic (exact) mass is 519 g/mol. The topological polar surface area (TPSA) is 56.5 Å². The van der Waals surface area contributed by atoms with Gasteiger partial charge in [-0.3, -0.25) is 4.57 Å². The van der Waals surface area contributed by atoms with Crippen molar-refractivity contribution in [3.05, 3.63) is 139 Å². The van der Waals surface area contributed by atoms with Crippen LogP contribution >= 0.6 is 0 Å². The Bertz CT molecular complexity index is 1890. The fourth-order valence-electron chi connectivity index (χ4n) is 4.86. The van der Waals surface area contributed by atoms with Crippen molar-refractivity contribution in [2.45, 2.75) is 0 Å². The molecule has 0 aliphatic carbocycles. The van der Waals surface area contributed by atoms with Gasteiger partial charge in [0.15, 0.2) is 17.5 Å². The quantitative estimate of drug-likeness (QED) is 0.231. The van der Waals surface area contributed by atoms with E-state index in [4.69, 9.17) is 19.9 Å². The summed E-state index contributed by atoms with van der Waals surface area (Å²) in [5.74, 6) is 2.15. The zero-order chi connectivity index (χ0) is 26.9. The molecule has 6 heteroatoms. The lowest BCUT2D eigenvalue weighted by atomic mass is 10.1. The first-order valence-corrected chi connectivity index (χ1v) is 12.9. The molecule has 0 aliphatic rings. The first kappa shape index (κ1) is 23.6. The summed E-state index contributed by atoms with van der Waals surface area (Å²) >= 11 is 0. The summed E-state index contributed by atoms with van der Waals surface area (Å²) in [7, 11) is 0. The van der Waals surface area contributed by atoms with E-state index < -0.39 is 0 Å². The summed E-state index contributed by atoms with van der Waals surface area (Å²) in [5, 5.41) is 0. The molecule has 7 aromatic rings. The summed E-state index contributed by atoms with van der Waals surface area (Å²) in [6, 6.07) is 42.2. The van der Waals surface area contributed by atoms with Crippen LogP contribution in [0.2, 0.25) is 0 Å². The predicted octanol–water partition coefficient (Wildman–Crippen LogP) is 8.02. The molecule has 0 spiro atoms. The van der Waals surface area contributed by atoms with Crippen LogP contribution in [0.1, 0.15) is 0 Å². The molecule has 190 valence electrons. The summed E-state index contributed by atoms with van der Waals surface area (Å²) in [6.07, 6.45) is 0. The highest BCUT2D eigenvalue weighted by atomic mass is 19.1. The van der Waals surface area contributed by atoms with Gasteiger partial charge in [-0.25, -0.2) is 24.3 Å². The van der Waals surface area contributed by atoms with E-state index in [2.05, 4.69) is 0 Å². The third kappa shape index (κ3) is 4.31. The van der Waals surface area contributed by atoms with E-state index in [1.54, 1.807) is 12.1 Å². The lowest BCUT2D eigenvalue weighted by Gasteiger charge is -2.14. The van der Waals surface area contributed by atoms with Crippen LogP contribution in [0, 0.1) is 5.82 Å². The molecule has 0 bridgehead atoms. The number of hydrogen-bond donors (Lipinski definition) is 0. The Labute approximate surface area is 230 Å². The smallest absolute Gasteiger partial charge is 0.164 e. The molecule has 7 rings (SSSR count). The van der Waals surface area contributed by atoms with Crippen LogP contribution in [0.15, 0.2) is 133 Å². The van der Waals surface area contributed by atoms with Gasteiger partial charge in [0.2, 0.25) is 0 Å². The van der Waals surface area contributed by atoms with Crippen LogP contribution in [0.25, 0.3) is 62.3 Å². The van der Waals surface area contributed by atoms with E-state index >= 15 is 0 Å². The fraction of sp³-hybridized carbons (Fsp3) is 0. The van der Waals surface area contributed by atoms with E-state index in [0.717, 1.165) is 39.0 Å². The minimum absolute atomic E-state index is 0.290. The molecular weight excluding hydrogens is 497 g/mol. The third-order valence-corrected chi connectivity index (χ3v) is 6.75. The van der Waals surface area contributed by atoms with Crippen LogP contribution in [-0.4, -0.2) is 24.5 Å². The number of rotatable bonds is 5. The van der Waals surface area contributed by atoms with Gasteiger partial charge in [-0.05, 0) is 36.4 Å². The molecule has 0 N–H and O–H groups in total. The average molecular weight is 520 g/mol. The lowest BCUT2D eigenvalue weighted by Crippen LogP contribution is -2.03. The number of para-hydroxylation sites is 2. The van der Waals surface area contributed by atoms with E-state index in [-0.39, 0.29) is 5.82 Å². The van der Waals surface area contributed by atoms with Gasteiger partial charge in [-0.15, -0.1) is 0 Å². The second kappa shape index (κ2) is 10.0. The van der Waals surface area contributed by atoms with Gasteiger partial charge in [-0.1, -0.05) is 97.1 Å². The zero-order valence-electron chi connectivity index (χ0n) is 21.3. The first-order valence-electron chi connectivity index (χ1n) is 12.9. The Morgan fingerprint density at radius 1 is 0.450 bits per heavy atom. The molecule has 0 aliphatic heterocycles. The number of benzene rings is 5. The van der Waals surface area contributed by atoms with E-state index in [0.29, 0.717) is 23.3 Å². The van der Waals surface area contributed by atoms with Crippen molar-refractivity contribution in [2.24, 2.45) is 0 Å². The van der Waals surface area contributed by atoms with Gasteiger partial charge in [0, 0.05) is 27.9 Å². The normalized spacial score (nSPS) is 11.1. The number of halogens is 1. The lowest BCUT2D eigenvalue weighted by molar-refractivity contribution is 0.627. The second-order valence-corrected chi connectivity index (χ2v) is 9.32. The summed E-state index contributed by atoms with van der Waals surface area (Å²) in [5.41, 5.74) is 6.04. The Balaban J connectivity index is 1.48. The van der Waals surface area contributed by atoms with Crippen molar-refractivity contribution in [1.29, 1.82) is 0 Å². The standard InChI is InChI=1S/C34H22FN5/c35-25-19-21-26(22-20-25)40-30-18-10-9-17-29(30)36-34(40)28-16-8-7-15-27(28)33-38-31(23-11-3-1-4-12-23)37-32(39-33)24-13-5-2-6-14-24/h1-22H. The third-order valence-electron chi connectivity index (χ3n) is 6.75. The number of fused-ring (bicyclic) bond motifs is 1. The Kier molecular flexibility index (Phi) is 5.90. The van der Waals surface area contributed by atoms with Gasteiger partial charge in [0.05, 0.1) is 11.0 Å². The molecule has 5 nitrogen and oxygen atoms in total. The molecule has 40 heavy (non-hydrogen) atoms. The van der Waals surface area contributed by atoms with Crippen LogP contribution < -0.4 is 0 Å². The molecule has 0 amide bonds. The largest absolute Gasteiger partial charge is 0.292 e. The molecule has 0 radical (unpaired) electrons. The number of imidazole rings is 1. The van der Waals surface area contributed by atoms with Gasteiger partial charge < -0.3 is 0 Å². The highest BCUT2D eigenvalue weighted by Crippen LogP contribution is 2.35. The maximum Gasteiger partial charge on any atom is 0.164 e. The minimum Gasteiger partial charge on any atom is -0.292 e. The van der Waals surface area contributed by atoms with Crippen LogP contribution in [0.5, 0.6) is 0 Å². The number of aromatic nitrogens is 5. The highest BCUT2D eigenvalue weighted by molar-refractivity contribution is 5.87. The minimum atomic E-state index is -0.290. The van der Waals surface area contributed by atoms with Crippen molar-refractivity contribution in [2.75, 3.05) is 0 Å². The molecule has 0 saturated carbocycles. The van der Waals surface area contributed by atoms with Crippen molar-refractivity contribution in [3.63, 3.8) is 0 Å². The number of nitrogens with zero attached hydrogens (tertiary/aromatic N) is 5. The van der Waals surface area contributed by atoms with E-state index in [1.807, 2.05) is 114 Å². The molecule has 0 atom stereocenters. The van der Waals surface area contributed by atoms with Crippen molar-refractivity contribution in [3.8, 4) is 51.2 Å². The molecule has 0 fully saturated rings. The maximum atomic E-state index is 13.9.